The van der Waals surface area contributed by atoms with Gasteiger partial charge in [-0.05, 0) is 132 Å². The predicted octanol–water partition coefficient (Wildman–Crippen LogP) is 9.30. The number of carbonyl (C=O) groups is 1. The van der Waals surface area contributed by atoms with Crippen molar-refractivity contribution in [2.24, 2.45) is 39.9 Å². The van der Waals surface area contributed by atoms with Crippen LogP contribution in [0.4, 0.5) is 0 Å². The molecule has 7 atom stereocenters. The van der Waals surface area contributed by atoms with Crippen molar-refractivity contribution in [1.82, 2.24) is 0 Å². The van der Waals surface area contributed by atoms with Gasteiger partial charge in [0, 0.05) is 6.92 Å². The minimum atomic E-state index is -0.146. The lowest BCUT2D eigenvalue weighted by Crippen LogP contribution is -2.57. The Morgan fingerprint density at radius 1 is 1.03 bits per heavy atom. The van der Waals surface area contributed by atoms with Gasteiger partial charge in [-0.3, -0.25) is 4.79 Å². The van der Waals surface area contributed by atoms with Crippen LogP contribution in [-0.2, 0) is 9.53 Å². The Labute approximate surface area is 211 Å². The molecule has 0 radical (unpaired) electrons. The first kappa shape index (κ1) is 27.5. The van der Waals surface area contributed by atoms with E-state index in [4.69, 9.17) is 4.74 Å². The van der Waals surface area contributed by atoms with Crippen molar-refractivity contribution >= 4 is 5.97 Å². The third-order valence-corrected chi connectivity index (χ3v) is 11.2. The molecule has 2 heteroatoms. The van der Waals surface area contributed by atoms with Crippen LogP contribution in [-0.4, -0.2) is 12.6 Å². The molecule has 0 aromatic carbocycles. The summed E-state index contributed by atoms with van der Waals surface area (Å²) in [5.74, 6) is 2.97. The first-order chi connectivity index (χ1) is 15.9. The highest BCUT2D eigenvalue weighted by atomic mass is 16.5. The van der Waals surface area contributed by atoms with Gasteiger partial charge in [0.1, 0.15) is 0 Å². The quantitative estimate of drug-likeness (QED) is 0.201. The maximum atomic E-state index is 11.3. The summed E-state index contributed by atoms with van der Waals surface area (Å²) in [6.07, 6.45) is 15.4. The fourth-order valence-electron chi connectivity index (χ4n) is 9.25. The molecule has 3 rings (SSSR count). The highest BCUT2D eigenvalue weighted by molar-refractivity contribution is 5.65. The van der Waals surface area contributed by atoms with Crippen LogP contribution >= 0.6 is 0 Å². The van der Waals surface area contributed by atoms with Gasteiger partial charge in [0.05, 0.1) is 6.61 Å². The molecule has 194 valence electrons. The average Bonchev–Trinajstić information content (AvgIpc) is 3.02. The van der Waals surface area contributed by atoms with Crippen molar-refractivity contribution in [2.45, 2.75) is 127 Å². The minimum Gasteiger partial charge on any atom is -0.466 e. The van der Waals surface area contributed by atoms with Crippen molar-refractivity contribution in [3.05, 3.63) is 22.8 Å². The van der Waals surface area contributed by atoms with E-state index in [2.05, 4.69) is 61.5 Å². The molecular weight excluding hydrogens is 416 g/mol. The molecule has 3 saturated carbocycles. The molecular formula is C32H54O2. The summed E-state index contributed by atoms with van der Waals surface area (Å²) in [5.41, 5.74) is 5.99. The van der Waals surface area contributed by atoms with Gasteiger partial charge in [-0.25, -0.2) is 0 Å². The molecule has 3 aliphatic carbocycles. The van der Waals surface area contributed by atoms with Crippen molar-refractivity contribution in [3.8, 4) is 0 Å². The Morgan fingerprint density at radius 2 is 1.74 bits per heavy atom. The van der Waals surface area contributed by atoms with Crippen LogP contribution in [0.2, 0.25) is 0 Å². The Hall–Kier alpha value is -1.05. The lowest BCUT2D eigenvalue weighted by atomic mass is 9.40. The van der Waals surface area contributed by atoms with E-state index in [0.717, 1.165) is 30.6 Å². The van der Waals surface area contributed by atoms with Gasteiger partial charge in [-0.1, -0.05) is 50.5 Å². The van der Waals surface area contributed by atoms with Crippen molar-refractivity contribution < 1.29 is 9.53 Å². The standard InChI is InChI=1S/C32H54O2/c1-22(2)12-10-13-24(5)27-17-18-32(9)29-16-15-26(23(3)4)28(14-11-21-34-25(6)33)30(29,7)19-20-31(27,32)8/h12,24,27-29H,10-11,13-21H2,1-9H3. The molecule has 3 fully saturated rings. The summed E-state index contributed by atoms with van der Waals surface area (Å²) < 4.78 is 5.33. The third kappa shape index (κ3) is 4.94. The smallest absolute Gasteiger partial charge is 0.302 e. The van der Waals surface area contributed by atoms with Crippen molar-refractivity contribution in [3.63, 3.8) is 0 Å². The van der Waals surface area contributed by atoms with Crippen molar-refractivity contribution in [2.75, 3.05) is 6.61 Å². The normalized spacial score (nSPS) is 38.0. The molecule has 0 aromatic rings. The maximum absolute atomic E-state index is 11.3. The SMILES string of the molecule is CC(=O)OCCCC1C(=C(C)C)CCC2C1(C)CCC1(C)C(C(C)CCC=C(C)C)CCC21C. The maximum Gasteiger partial charge on any atom is 0.302 e. The number of esters is 1. The van der Waals surface area contributed by atoms with E-state index >= 15 is 0 Å². The highest BCUT2D eigenvalue weighted by Gasteiger charge is 2.66. The molecule has 34 heavy (non-hydrogen) atoms. The lowest BCUT2D eigenvalue weighted by Gasteiger charge is -2.65. The monoisotopic (exact) mass is 470 g/mol. The second-order valence-electron chi connectivity index (χ2n) is 13.5. The van der Waals surface area contributed by atoms with Gasteiger partial charge in [0.25, 0.3) is 0 Å². The average molecular weight is 471 g/mol. The number of ether oxygens (including phenoxy) is 1. The summed E-state index contributed by atoms with van der Waals surface area (Å²) in [6.45, 7) is 21.8. The first-order valence-electron chi connectivity index (χ1n) is 14.3. The van der Waals surface area contributed by atoms with Crippen LogP contribution in [0, 0.1) is 39.9 Å². The number of carbonyl (C=O) groups excluding carboxylic acids is 1. The summed E-state index contributed by atoms with van der Waals surface area (Å²) in [5, 5.41) is 0. The zero-order valence-electron chi connectivity index (χ0n) is 24.0. The molecule has 7 unspecified atom stereocenters. The van der Waals surface area contributed by atoms with Gasteiger partial charge in [-0.15, -0.1) is 0 Å². The van der Waals surface area contributed by atoms with Crippen LogP contribution in [0.1, 0.15) is 127 Å². The lowest BCUT2D eigenvalue weighted by molar-refractivity contribution is -0.146. The van der Waals surface area contributed by atoms with Crippen LogP contribution < -0.4 is 0 Å². The molecule has 2 nitrogen and oxygen atoms in total. The Morgan fingerprint density at radius 3 is 2.35 bits per heavy atom. The number of rotatable bonds is 8. The summed E-state index contributed by atoms with van der Waals surface area (Å²) in [6, 6.07) is 0. The molecule has 0 heterocycles. The van der Waals surface area contributed by atoms with E-state index in [9.17, 15) is 4.79 Å². The Kier molecular flexibility index (Phi) is 8.52. The molecule has 0 bridgehead atoms. The van der Waals surface area contributed by atoms with Gasteiger partial charge in [0.2, 0.25) is 0 Å². The number of allylic oxidation sites excluding steroid dienone is 4. The molecule has 0 aliphatic heterocycles. The summed E-state index contributed by atoms with van der Waals surface area (Å²) >= 11 is 0. The minimum absolute atomic E-state index is 0.146. The van der Waals surface area contributed by atoms with Crippen LogP contribution in [0.15, 0.2) is 22.8 Å². The fourth-order valence-corrected chi connectivity index (χ4v) is 9.25. The van der Waals surface area contributed by atoms with Gasteiger partial charge in [-0.2, -0.15) is 0 Å². The van der Waals surface area contributed by atoms with Gasteiger partial charge in [0.15, 0.2) is 0 Å². The second-order valence-corrected chi connectivity index (χ2v) is 13.5. The van der Waals surface area contributed by atoms with Gasteiger partial charge < -0.3 is 4.74 Å². The summed E-state index contributed by atoms with van der Waals surface area (Å²) in [7, 11) is 0. The van der Waals surface area contributed by atoms with E-state index in [1.165, 1.54) is 69.4 Å². The van der Waals surface area contributed by atoms with Crippen LogP contribution in [0.5, 0.6) is 0 Å². The van der Waals surface area contributed by atoms with Crippen LogP contribution in [0.25, 0.3) is 0 Å². The van der Waals surface area contributed by atoms with E-state index in [0.29, 0.717) is 28.8 Å². The highest BCUT2D eigenvalue weighted by Crippen LogP contribution is 2.74. The molecule has 0 N–H and O–H groups in total. The molecule has 0 saturated heterocycles. The van der Waals surface area contributed by atoms with E-state index < -0.39 is 0 Å². The molecule has 0 aromatic heterocycles. The zero-order valence-corrected chi connectivity index (χ0v) is 24.0. The van der Waals surface area contributed by atoms with E-state index in [1.807, 2.05) is 0 Å². The topological polar surface area (TPSA) is 26.3 Å². The van der Waals surface area contributed by atoms with E-state index in [1.54, 1.807) is 5.57 Å². The summed E-state index contributed by atoms with van der Waals surface area (Å²) in [4.78, 5) is 11.3. The number of hydrogen-bond donors (Lipinski definition) is 0. The first-order valence-corrected chi connectivity index (χ1v) is 14.3. The third-order valence-electron chi connectivity index (χ3n) is 11.2. The van der Waals surface area contributed by atoms with E-state index in [-0.39, 0.29) is 5.97 Å². The Bertz CT molecular complexity index is 798. The van der Waals surface area contributed by atoms with Crippen molar-refractivity contribution in [1.29, 1.82) is 0 Å². The fraction of sp³-hybridized carbons (Fsp3) is 0.844. The molecule has 0 amide bonds. The molecule has 0 spiro atoms. The Balaban J connectivity index is 1.84. The second kappa shape index (κ2) is 10.5. The van der Waals surface area contributed by atoms with Crippen LogP contribution in [0.3, 0.4) is 0 Å². The largest absolute Gasteiger partial charge is 0.466 e. The zero-order chi connectivity index (χ0) is 25.3. The van der Waals surface area contributed by atoms with Gasteiger partial charge >= 0.3 is 5.97 Å². The number of hydrogen-bond acceptors (Lipinski definition) is 2. The molecule has 3 aliphatic rings. The predicted molar refractivity (Wildman–Crippen MR) is 145 cm³/mol. The number of fused-ring (bicyclic) bond motifs is 3.